The number of hydrogen-bond donors (Lipinski definition) is 2. The zero-order valence-corrected chi connectivity index (χ0v) is 20.2. The monoisotopic (exact) mass is 456 g/mol. The Labute approximate surface area is 191 Å². The highest BCUT2D eigenvalue weighted by atomic mass is 32.2. The minimum Gasteiger partial charge on any atom is -0.398 e. The zero-order chi connectivity index (χ0) is 23.8. The Morgan fingerprint density at radius 3 is 2.25 bits per heavy atom. The summed E-state index contributed by atoms with van der Waals surface area (Å²) >= 11 is 0. The van der Waals surface area contributed by atoms with Gasteiger partial charge in [-0.25, -0.2) is 13.1 Å². The second-order valence-electron chi connectivity index (χ2n) is 9.17. The van der Waals surface area contributed by atoms with Crippen molar-refractivity contribution in [2.75, 3.05) is 5.73 Å². The van der Waals surface area contributed by atoms with Gasteiger partial charge in [0, 0.05) is 6.84 Å². The molecule has 1 heterocycles. The average Bonchev–Trinajstić information content (AvgIpc) is 3.09. The fraction of sp³-hybridized carbons (Fsp3) is 0.333. The Kier molecular flexibility index (Phi) is 6.20. The van der Waals surface area contributed by atoms with Crippen molar-refractivity contribution in [3.8, 4) is 0 Å². The summed E-state index contributed by atoms with van der Waals surface area (Å²) in [6.07, 6.45) is 0. The molecule has 0 aliphatic heterocycles. The summed E-state index contributed by atoms with van der Waals surface area (Å²) in [6.45, 7) is 12.4. The van der Waals surface area contributed by atoms with Crippen molar-refractivity contribution in [3.05, 3.63) is 76.1 Å². The largest absolute Gasteiger partial charge is 0.398 e. The van der Waals surface area contributed by atoms with Crippen LogP contribution in [0.3, 0.4) is 0 Å². The van der Waals surface area contributed by atoms with Gasteiger partial charge in [-0.15, -0.1) is 0 Å². The molecule has 0 spiro atoms. The molecule has 7 nitrogen and oxygen atoms in total. The van der Waals surface area contributed by atoms with E-state index in [1.54, 1.807) is 22.9 Å². The predicted octanol–water partition coefficient (Wildman–Crippen LogP) is 4.10. The Bertz CT molecular complexity index is 1270. The highest BCUT2D eigenvalue weighted by Crippen LogP contribution is 2.25. The van der Waals surface area contributed by atoms with Crippen LogP contribution < -0.4 is 10.5 Å². The van der Waals surface area contributed by atoms with Crippen LogP contribution in [0.5, 0.6) is 0 Å². The van der Waals surface area contributed by atoms with Gasteiger partial charge in [0.05, 0.1) is 17.9 Å². The van der Waals surface area contributed by atoms with E-state index in [0.29, 0.717) is 12.2 Å². The van der Waals surface area contributed by atoms with E-state index >= 15 is 0 Å². The van der Waals surface area contributed by atoms with Crippen LogP contribution in [0.25, 0.3) is 0 Å². The van der Waals surface area contributed by atoms with Crippen molar-refractivity contribution in [1.82, 2.24) is 14.5 Å². The van der Waals surface area contributed by atoms with Gasteiger partial charge in [-0.3, -0.25) is 9.48 Å². The molecule has 8 heteroatoms. The van der Waals surface area contributed by atoms with Crippen LogP contribution >= 0.6 is 0 Å². The topological polar surface area (TPSA) is 107 Å². The molecule has 0 saturated carbocycles. The predicted molar refractivity (Wildman–Crippen MR) is 128 cm³/mol. The highest BCUT2D eigenvalue weighted by Gasteiger charge is 2.27. The minimum atomic E-state index is -4.14. The summed E-state index contributed by atoms with van der Waals surface area (Å²) in [4.78, 5) is 13.0. The molecule has 3 N–H and O–H groups in total. The molecule has 0 radical (unpaired) electrons. The first kappa shape index (κ1) is 23.5. The number of anilines is 1. The molecule has 1 amide bonds. The van der Waals surface area contributed by atoms with Crippen LogP contribution in [0.1, 0.15) is 60.6 Å². The van der Waals surface area contributed by atoms with Crippen molar-refractivity contribution >= 4 is 21.6 Å². The van der Waals surface area contributed by atoms with Crippen molar-refractivity contribution in [2.24, 2.45) is 0 Å². The lowest BCUT2D eigenvalue weighted by Crippen LogP contribution is -2.32. The van der Waals surface area contributed by atoms with Crippen molar-refractivity contribution in [1.29, 1.82) is 0 Å². The van der Waals surface area contributed by atoms with Crippen LogP contribution in [0.15, 0.2) is 47.4 Å². The molecule has 3 rings (SSSR count). The van der Waals surface area contributed by atoms with E-state index < -0.39 is 15.9 Å². The zero-order valence-electron chi connectivity index (χ0n) is 19.4. The maximum atomic E-state index is 13.1. The lowest BCUT2D eigenvalue weighted by molar-refractivity contribution is 0.0971. The molecule has 2 aromatic carbocycles. The number of aromatic nitrogens is 2. The third-order valence-corrected chi connectivity index (χ3v) is 6.77. The van der Waals surface area contributed by atoms with E-state index in [4.69, 9.17) is 5.73 Å². The molecule has 0 atom stereocenters. The third-order valence-electron chi connectivity index (χ3n) is 5.36. The van der Waals surface area contributed by atoms with Gasteiger partial charge in [-0.2, -0.15) is 5.10 Å². The lowest BCUT2D eigenvalue weighted by atomic mass is 9.92. The van der Waals surface area contributed by atoms with Gasteiger partial charge in [-0.1, -0.05) is 50.6 Å². The molecule has 1 aromatic heterocycles. The summed E-state index contributed by atoms with van der Waals surface area (Å²) in [7, 11) is -4.14. The van der Waals surface area contributed by atoms with E-state index in [2.05, 4.69) is 22.0 Å². The van der Waals surface area contributed by atoms with E-state index in [-0.39, 0.29) is 23.1 Å². The molecular formula is C24H32N4O3S. The van der Waals surface area contributed by atoms with E-state index in [1.165, 1.54) is 12.1 Å². The van der Waals surface area contributed by atoms with Gasteiger partial charge in [0.2, 0.25) is 0 Å². The van der Waals surface area contributed by atoms with E-state index in [0.717, 1.165) is 22.3 Å². The number of amides is 1. The van der Waals surface area contributed by atoms with E-state index in [9.17, 15) is 13.2 Å². The molecule has 0 saturated heterocycles. The standard InChI is InChI=1S/C24H30N4O3S.H2/c1-15-11-16(2)18(17(3)12-15)14-28-20(13-22(26-28)24(4,5)6)23(29)27-32(30,31)21-10-8-7-9-19(21)25;/h7-13H,14,25H2,1-6H3,(H,27,29);1H. The maximum Gasteiger partial charge on any atom is 0.283 e. The molecule has 0 unspecified atom stereocenters. The number of nitrogen functional groups attached to an aromatic ring is 1. The fourth-order valence-electron chi connectivity index (χ4n) is 3.65. The molecular weight excluding hydrogens is 424 g/mol. The first-order valence-electron chi connectivity index (χ1n) is 10.4. The molecule has 0 aliphatic rings. The molecule has 3 aromatic rings. The normalized spacial score (nSPS) is 12.1. The summed E-state index contributed by atoms with van der Waals surface area (Å²) in [5.41, 5.74) is 10.8. The summed E-state index contributed by atoms with van der Waals surface area (Å²) < 4.78 is 29.4. The number of sulfonamides is 1. The van der Waals surface area contributed by atoms with E-state index in [1.807, 2.05) is 41.5 Å². The number of rotatable bonds is 5. The SMILES string of the molecule is Cc1cc(C)c(Cn2nc(C(C)(C)C)cc2C(=O)NS(=O)(=O)c2ccccc2N)c(C)c1.[HH]. The van der Waals surface area contributed by atoms with Crippen LogP contribution in [0.4, 0.5) is 5.69 Å². The number of aryl methyl sites for hydroxylation is 3. The average molecular weight is 457 g/mol. The lowest BCUT2D eigenvalue weighted by Gasteiger charge is -2.15. The third kappa shape index (κ3) is 4.85. The second kappa shape index (κ2) is 8.43. The molecule has 0 bridgehead atoms. The van der Waals surface area contributed by atoms with Gasteiger partial charge >= 0.3 is 0 Å². The number of hydrogen-bond acceptors (Lipinski definition) is 5. The van der Waals surface area contributed by atoms with Crippen molar-refractivity contribution in [3.63, 3.8) is 0 Å². The quantitative estimate of drug-likeness (QED) is 0.562. The van der Waals surface area contributed by atoms with Crippen molar-refractivity contribution < 1.29 is 14.6 Å². The first-order chi connectivity index (χ1) is 14.8. The van der Waals surface area contributed by atoms with Gasteiger partial charge < -0.3 is 5.73 Å². The maximum absolute atomic E-state index is 13.1. The number of nitrogens with zero attached hydrogens (tertiary/aromatic N) is 2. The van der Waals surface area contributed by atoms with Gasteiger partial charge in [0.1, 0.15) is 10.6 Å². The number of nitrogens with one attached hydrogen (secondary N) is 1. The van der Waals surface area contributed by atoms with Gasteiger partial charge in [0.25, 0.3) is 15.9 Å². The minimum absolute atomic E-state index is 0. The van der Waals surface area contributed by atoms with Crippen LogP contribution in [-0.2, 0) is 22.0 Å². The van der Waals surface area contributed by atoms with Crippen LogP contribution in [0.2, 0.25) is 0 Å². The van der Waals surface area contributed by atoms with Crippen LogP contribution in [0, 0.1) is 20.8 Å². The smallest absolute Gasteiger partial charge is 0.283 e. The van der Waals surface area contributed by atoms with Gasteiger partial charge in [-0.05, 0) is 55.7 Å². The number of para-hydroxylation sites is 1. The van der Waals surface area contributed by atoms with Gasteiger partial charge in [0.15, 0.2) is 0 Å². The summed E-state index contributed by atoms with van der Waals surface area (Å²) in [5, 5.41) is 4.66. The number of benzene rings is 2. The molecule has 0 fully saturated rings. The summed E-state index contributed by atoms with van der Waals surface area (Å²) in [5.74, 6) is -0.751. The Morgan fingerprint density at radius 2 is 1.69 bits per heavy atom. The fourth-order valence-corrected chi connectivity index (χ4v) is 4.74. The number of nitrogens with two attached hydrogens (primary N) is 1. The molecule has 0 aliphatic carbocycles. The highest BCUT2D eigenvalue weighted by molar-refractivity contribution is 7.90. The summed E-state index contributed by atoms with van der Waals surface area (Å²) in [6, 6.07) is 11.8. The molecule has 172 valence electrons. The second-order valence-corrected chi connectivity index (χ2v) is 10.8. The van der Waals surface area contributed by atoms with Crippen molar-refractivity contribution in [2.45, 2.75) is 58.4 Å². The van der Waals surface area contributed by atoms with Crippen LogP contribution in [-0.4, -0.2) is 24.1 Å². The first-order valence-corrected chi connectivity index (χ1v) is 11.8. The number of carbonyl (C=O) groups excluding carboxylic acids is 1. The number of carbonyl (C=O) groups is 1. The Balaban J connectivity index is 0.00000385. The molecule has 32 heavy (non-hydrogen) atoms. The Morgan fingerprint density at radius 1 is 1.09 bits per heavy atom. The Hall–Kier alpha value is -3.13.